The third-order valence-corrected chi connectivity index (χ3v) is 3.05. The molecule has 0 aliphatic heterocycles. The van der Waals surface area contributed by atoms with Gasteiger partial charge in [-0.25, -0.2) is 9.78 Å². The first-order chi connectivity index (χ1) is 8.88. The van der Waals surface area contributed by atoms with Crippen LogP contribution in [0.25, 0.3) is 11.2 Å². The molecule has 19 heavy (non-hydrogen) atoms. The maximum absolute atomic E-state index is 12.1. The van der Waals surface area contributed by atoms with Crippen LogP contribution in [0.4, 0.5) is 0 Å². The van der Waals surface area contributed by atoms with Crippen LogP contribution < -0.4 is 11.2 Å². The van der Waals surface area contributed by atoms with Gasteiger partial charge >= 0.3 is 11.7 Å². The number of imidazole rings is 1. The number of hydrogen-bond donors (Lipinski definition) is 1. The Morgan fingerprint density at radius 2 is 1.89 bits per heavy atom. The largest absolute Gasteiger partial charge is 0.481 e. The highest BCUT2D eigenvalue weighted by molar-refractivity contribution is 5.74. The molecule has 0 fully saturated rings. The zero-order valence-corrected chi connectivity index (χ0v) is 10.9. The van der Waals surface area contributed by atoms with E-state index in [1.165, 1.54) is 23.2 Å². The number of aliphatic carboxylic acids is 1. The topological polar surface area (TPSA) is 99.1 Å². The Balaban J connectivity index is 2.95. The van der Waals surface area contributed by atoms with E-state index in [1.807, 2.05) is 0 Å². The molecule has 102 valence electrons. The number of fused-ring (bicyclic) bond motifs is 1. The van der Waals surface area contributed by atoms with Crippen molar-refractivity contribution in [3.8, 4) is 0 Å². The van der Waals surface area contributed by atoms with Crippen LogP contribution in [0.3, 0.4) is 0 Å². The Labute approximate surface area is 107 Å². The molecule has 2 aromatic heterocycles. The molecular formula is C11H14N4O4. The van der Waals surface area contributed by atoms with E-state index in [1.54, 1.807) is 6.92 Å². The molecule has 0 atom stereocenters. The summed E-state index contributed by atoms with van der Waals surface area (Å²) < 4.78 is 3.76. The van der Waals surface area contributed by atoms with Gasteiger partial charge in [-0.2, -0.15) is 0 Å². The fourth-order valence-corrected chi connectivity index (χ4v) is 2.10. The summed E-state index contributed by atoms with van der Waals surface area (Å²) >= 11 is 0. The molecule has 2 rings (SSSR count). The van der Waals surface area contributed by atoms with Crippen molar-refractivity contribution < 1.29 is 9.90 Å². The average molecular weight is 266 g/mol. The van der Waals surface area contributed by atoms with Crippen LogP contribution in [0.5, 0.6) is 0 Å². The summed E-state index contributed by atoms with van der Waals surface area (Å²) in [5.74, 6) is -0.768. The lowest BCUT2D eigenvalue weighted by Crippen LogP contribution is -2.37. The SMILES string of the molecule is CCn1c(CC(=O)O)nc2c1c(=O)n(C)c(=O)n2C. The summed E-state index contributed by atoms with van der Waals surface area (Å²) in [6.45, 7) is 2.20. The number of nitrogens with zero attached hydrogens (tertiary/aromatic N) is 4. The average Bonchev–Trinajstić information content (AvgIpc) is 2.71. The van der Waals surface area contributed by atoms with Gasteiger partial charge in [-0.3, -0.25) is 18.7 Å². The van der Waals surface area contributed by atoms with Gasteiger partial charge in [0.25, 0.3) is 5.56 Å². The highest BCUT2D eigenvalue weighted by atomic mass is 16.4. The lowest BCUT2D eigenvalue weighted by Gasteiger charge is -2.05. The third kappa shape index (κ3) is 1.85. The van der Waals surface area contributed by atoms with Crippen LogP contribution in [0.1, 0.15) is 12.7 Å². The molecule has 0 aliphatic carbocycles. The van der Waals surface area contributed by atoms with Crippen LogP contribution in [0, 0.1) is 0 Å². The molecule has 1 N–H and O–H groups in total. The van der Waals surface area contributed by atoms with E-state index in [4.69, 9.17) is 5.11 Å². The van der Waals surface area contributed by atoms with Gasteiger partial charge in [-0.15, -0.1) is 0 Å². The molecule has 0 aromatic carbocycles. The van der Waals surface area contributed by atoms with Gasteiger partial charge in [0.05, 0.1) is 0 Å². The van der Waals surface area contributed by atoms with Gasteiger partial charge in [0.1, 0.15) is 12.2 Å². The second-order valence-corrected chi connectivity index (χ2v) is 4.22. The summed E-state index contributed by atoms with van der Waals surface area (Å²) in [5, 5.41) is 8.85. The van der Waals surface area contributed by atoms with Gasteiger partial charge in [0.2, 0.25) is 0 Å². The fourth-order valence-electron chi connectivity index (χ4n) is 2.10. The molecule has 0 saturated heterocycles. The predicted octanol–water partition coefficient (Wildman–Crippen LogP) is -0.919. The molecule has 0 aliphatic rings. The van der Waals surface area contributed by atoms with Crippen molar-refractivity contribution in [2.75, 3.05) is 0 Å². The highest BCUT2D eigenvalue weighted by Gasteiger charge is 2.19. The second kappa shape index (κ2) is 4.38. The van der Waals surface area contributed by atoms with Crippen LogP contribution >= 0.6 is 0 Å². The van der Waals surface area contributed by atoms with E-state index in [0.717, 1.165) is 4.57 Å². The number of rotatable bonds is 3. The zero-order valence-electron chi connectivity index (χ0n) is 10.9. The smallest absolute Gasteiger partial charge is 0.332 e. The molecule has 0 saturated carbocycles. The summed E-state index contributed by atoms with van der Waals surface area (Å²) in [6.07, 6.45) is -0.292. The van der Waals surface area contributed by atoms with Gasteiger partial charge in [-0.1, -0.05) is 0 Å². The lowest BCUT2D eigenvalue weighted by molar-refractivity contribution is -0.136. The van der Waals surface area contributed by atoms with Crippen molar-refractivity contribution >= 4 is 17.1 Å². The number of aryl methyl sites for hydroxylation is 2. The summed E-state index contributed by atoms with van der Waals surface area (Å²) in [4.78, 5) is 38.8. The van der Waals surface area contributed by atoms with Crippen molar-refractivity contribution in [3.63, 3.8) is 0 Å². The zero-order chi connectivity index (χ0) is 14.3. The Morgan fingerprint density at radius 3 is 2.42 bits per heavy atom. The minimum absolute atomic E-state index is 0.214. The van der Waals surface area contributed by atoms with E-state index in [-0.39, 0.29) is 23.4 Å². The molecule has 2 heterocycles. The molecular weight excluding hydrogens is 252 g/mol. The summed E-state index contributed by atoms with van der Waals surface area (Å²) in [7, 11) is 2.88. The Bertz CT molecular complexity index is 781. The van der Waals surface area contributed by atoms with Crippen molar-refractivity contribution in [2.24, 2.45) is 14.1 Å². The maximum Gasteiger partial charge on any atom is 0.332 e. The normalized spacial score (nSPS) is 11.1. The first-order valence-electron chi connectivity index (χ1n) is 5.75. The van der Waals surface area contributed by atoms with E-state index >= 15 is 0 Å². The lowest BCUT2D eigenvalue weighted by atomic mass is 10.4. The number of aromatic nitrogens is 4. The predicted molar refractivity (Wildman–Crippen MR) is 67.2 cm³/mol. The number of hydrogen-bond acceptors (Lipinski definition) is 4. The summed E-state index contributed by atoms with van der Waals surface area (Å²) in [5.41, 5.74) is -0.487. The van der Waals surface area contributed by atoms with Gasteiger partial charge in [0, 0.05) is 20.6 Å². The van der Waals surface area contributed by atoms with Gasteiger partial charge in [-0.05, 0) is 6.92 Å². The standard InChI is InChI=1S/C11H14N4O4/c1-4-15-6(5-7(16)17)12-9-8(15)10(18)14(3)11(19)13(9)2/h4-5H2,1-3H3,(H,16,17). The number of carbonyl (C=O) groups is 1. The third-order valence-electron chi connectivity index (χ3n) is 3.05. The van der Waals surface area contributed by atoms with Crippen molar-refractivity contribution in [3.05, 3.63) is 26.7 Å². The molecule has 8 heteroatoms. The van der Waals surface area contributed by atoms with E-state index in [2.05, 4.69) is 4.98 Å². The first kappa shape index (κ1) is 13.1. The van der Waals surface area contributed by atoms with E-state index in [9.17, 15) is 14.4 Å². The highest BCUT2D eigenvalue weighted by Crippen LogP contribution is 2.11. The minimum Gasteiger partial charge on any atom is -0.481 e. The van der Waals surface area contributed by atoms with Gasteiger partial charge < -0.3 is 9.67 Å². The van der Waals surface area contributed by atoms with Gasteiger partial charge in [0.15, 0.2) is 11.2 Å². The number of carboxylic acids is 1. The second-order valence-electron chi connectivity index (χ2n) is 4.22. The Kier molecular flexibility index (Phi) is 3.01. The molecule has 0 radical (unpaired) electrons. The quantitative estimate of drug-likeness (QED) is 0.774. The Hall–Kier alpha value is -2.38. The summed E-state index contributed by atoms with van der Waals surface area (Å²) in [6, 6.07) is 0. The van der Waals surface area contributed by atoms with E-state index in [0.29, 0.717) is 6.54 Å². The van der Waals surface area contributed by atoms with Crippen LogP contribution in [0.15, 0.2) is 9.59 Å². The Morgan fingerprint density at radius 1 is 1.26 bits per heavy atom. The molecule has 0 amide bonds. The molecule has 0 spiro atoms. The number of carboxylic acid groups (broad SMARTS) is 1. The molecule has 0 bridgehead atoms. The van der Waals surface area contributed by atoms with Crippen LogP contribution in [-0.2, 0) is 31.9 Å². The monoisotopic (exact) mass is 266 g/mol. The minimum atomic E-state index is -1.04. The van der Waals surface area contributed by atoms with Crippen LogP contribution in [-0.4, -0.2) is 29.8 Å². The van der Waals surface area contributed by atoms with Crippen molar-refractivity contribution in [1.29, 1.82) is 0 Å². The fraction of sp³-hybridized carbons (Fsp3) is 0.455. The van der Waals surface area contributed by atoms with Crippen molar-refractivity contribution in [1.82, 2.24) is 18.7 Å². The van der Waals surface area contributed by atoms with E-state index < -0.39 is 17.2 Å². The van der Waals surface area contributed by atoms with Crippen molar-refractivity contribution in [2.45, 2.75) is 19.9 Å². The first-order valence-corrected chi connectivity index (χ1v) is 5.75. The molecule has 8 nitrogen and oxygen atoms in total. The maximum atomic E-state index is 12.1. The molecule has 2 aromatic rings. The molecule has 0 unspecified atom stereocenters. The van der Waals surface area contributed by atoms with Crippen LogP contribution in [0.2, 0.25) is 0 Å².